The summed E-state index contributed by atoms with van der Waals surface area (Å²) in [6.45, 7) is 25.9. The second-order valence-corrected chi connectivity index (χ2v) is 13.9. The molecule has 2 aromatic heterocycles. The molecule has 0 radical (unpaired) electrons. The molecular formula is C34H38O4S2. The van der Waals surface area contributed by atoms with Gasteiger partial charge in [0.2, 0.25) is 0 Å². The van der Waals surface area contributed by atoms with E-state index in [4.69, 9.17) is 9.47 Å². The van der Waals surface area contributed by atoms with Gasteiger partial charge >= 0.3 is 11.9 Å². The minimum atomic E-state index is -0.461. The Morgan fingerprint density at radius 1 is 0.500 bits per heavy atom. The highest BCUT2D eigenvalue weighted by Crippen LogP contribution is 2.51. The third kappa shape index (κ3) is 3.98. The van der Waals surface area contributed by atoms with Crippen molar-refractivity contribution in [3.8, 4) is 10.4 Å². The molecule has 2 aliphatic heterocycles. The summed E-state index contributed by atoms with van der Waals surface area (Å²) in [6.07, 6.45) is 0. The summed E-state index contributed by atoms with van der Waals surface area (Å²) in [4.78, 5) is 30.7. The fourth-order valence-corrected chi connectivity index (χ4v) is 9.16. The summed E-state index contributed by atoms with van der Waals surface area (Å²) in [6, 6.07) is 0. The van der Waals surface area contributed by atoms with Crippen molar-refractivity contribution in [3.63, 3.8) is 0 Å². The van der Waals surface area contributed by atoms with Crippen molar-refractivity contribution in [1.82, 2.24) is 0 Å². The van der Waals surface area contributed by atoms with Gasteiger partial charge in [0.25, 0.3) is 0 Å². The molecule has 0 spiro atoms. The van der Waals surface area contributed by atoms with E-state index in [9.17, 15) is 9.59 Å². The minimum Gasteiger partial charge on any atom is -0.418 e. The maximum atomic E-state index is 13.4. The molecule has 0 unspecified atom stereocenters. The largest absolute Gasteiger partial charge is 0.418 e. The molecule has 1 aromatic carbocycles. The molecule has 0 amide bonds. The first kappa shape index (κ1) is 28.6. The Kier molecular flexibility index (Phi) is 7.03. The second-order valence-electron chi connectivity index (χ2n) is 11.8. The third-order valence-corrected chi connectivity index (χ3v) is 12.0. The average Bonchev–Trinajstić information content (AvgIpc) is 3.54. The van der Waals surface area contributed by atoms with Gasteiger partial charge in [0.1, 0.15) is 11.1 Å². The second kappa shape index (κ2) is 9.85. The van der Waals surface area contributed by atoms with E-state index >= 15 is 0 Å². The van der Waals surface area contributed by atoms with Gasteiger partial charge in [-0.1, -0.05) is 27.7 Å². The van der Waals surface area contributed by atoms with E-state index in [0.717, 1.165) is 31.3 Å². The van der Waals surface area contributed by atoms with Crippen molar-refractivity contribution in [3.05, 3.63) is 76.2 Å². The molecule has 6 heteroatoms. The van der Waals surface area contributed by atoms with Crippen LogP contribution in [0.1, 0.15) is 104 Å². The maximum absolute atomic E-state index is 13.4. The Morgan fingerprint density at radius 3 is 1.35 bits per heavy atom. The molecule has 4 heterocycles. The fourth-order valence-electron chi connectivity index (χ4n) is 6.31. The first-order chi connectivity index (χ1) is 18.7. The molecule has 210 valence electrons. The summed E-state index contributed by atoms with van der Waals surface area (Å²) >= 11 is 3.18. The van der Waals surface area contributed by atoms with Crippen LogP contribution >= 0.6 is 22.7 Å². The van der Waals surface area contributed by atoms with Gasteiger partial charge < -0.3 is 9.47 Å². The van der Waals surface area contributed by atoms with Crippen LogP contribution in [0.5, 0.6) is 0 Å². The number of esters is 2. The minimum absolute atomic E-state index is 0.258. The van der Waals surface area contributed by atoms with Crippen LogP contribution in [0.2, 0.25) is 0 Å². The van der Waals surface area contributed by atoms with Crippen molar-refractivity contribution in [1.29, 1.82) is 0 Å². The Balaban J connectivity index is 1.71. The summed E-state index contributed by atoms with van der Waals surface area (Å²) in [5.41, 5.74) is 12.9. The molecule has 40 heavy (non-hydrogen) atoms. The lowest BCUT2D eigenvalue weighted by atomic mass is 9.83. The molecule has 0 bridgehead atoms. The number of carbonyl (C=O) groups is 2. The molecular weight excluding hydrogens is 537 g/mol. The fraction of sp³-hybridized carbons (Fsp3) is 0.412. The van der Waals surface area contributed by atoms with Gasteiger partial charge in [-0.15, -0.1) is 22.7 Å². The number of carbonyl (C=O) groups excluding carboxylic acids is 2. The highest BCUT2D eigenvalue weighted by atomic mass is 32.1. The standard InChI is InChI=1S/C34H38O4S2/c1-13(2)23-15(5)17(7)24(18(8)16(23)6)30-21(11)22(12)32(40-30)26-28-27(37-34(26)36)25(33(35)38-28)31-20(10)19(9)29(39-31)14(3)4/h13-14H,1-12H3. The van der Waals surface area contributed by atoms with Crippen molar-refractivity contribution < 1.29 is 19.1 Å². The Labute approximate surface area is 245 Å². The van der Waals surface area contributed by atoms with Crippen LogP contribution < -0.4 is 0 Å². The maximum Gasteiger partial charge on any atom is 0.349 e. The first-order valence-electron chi connectivity index (χ1n) is 13.9. The van der Waals surface area contributed by atoms with Gasteiger partial charge in [-0.05, 0) is 123 Å². The molecule has 0 fully saturated rings. The van der Waals surface area contributed by atoms with E-state index in [1.54, 1.807) is 22.7 Å². The lowest BCUT2D eigenvalue weighted by Crippen LogP contribution is -2.04. The van der Waals surface area contributed by atoms with Crippen LogP contribution in [0, 0.1) is 55.4 Å². The summed E-state index contributed by atoms with van der Waals surface area (Å²) in [5.74, 6) is 0.378. The Morgan fingerprint density at radius 2 is 0.925 bits per heavy atom. The van der Waals surface area contributed by atoms with Gasteiger partial charge in [0.15, 0.2) is 11.5 Å². The quantitative estimate of drug-likeness (QED) is 0.285. The van der Waals surface area contributed by atoms with E-state index in [0.29, 0.717) is 23.0 Å². The summed E-state index contributed by atoms with van der Waals surface area (Å²) in [5, 5.41) is 0. The molecule has 3 aromatic rings. The zero-order valence-corrected chi connectivity index (χ0v) is 27.2. The molecule has 0 N–H and O–H groups in total. The molecule has 0 aliphatic carbocycles. The van der Waals surface area contributed by atoms with Crippen LogP contribution in [0.25, 0.3) is 21.6 Å². The van der Waals surface area contributed by atoms with E-state index < -0.39 is 11.9 Å². The molecule has 0 atom stereocenters. The highest BCUT2D eigenvalue weighted by Gasteiger charge is 2.46. The lowest BCUT2D eigenvalue weighted by molar-refractivity contribution is -0.131. The number of benzene rings is 1. The first-order valence-corrected chi connectivity index (χ1v) is 15.6. The zero-order valence-electron chi connectivity index (χ0n) is 25.6. The van der Waals surface area contributed by atoms with E-state index in [2.05, 4.69) is 69.2 Å². The monoisotopic (exact) mass is 574 g/mol. The van der Waals surface area contributed by atoms with Crippen molar-refractivity contribution >= 4 is 45.8 Å². The Bertz CT molecular complexity index is 1670. The van der Waals surface area contributed by atoms with E-state index in [1.807, 2.05) is 13.8 Å². The van der Waals surface area contributed by atoms with Gasteiger partial charge in [-0.2, -0.15) is 0 Å². The van der Waals surface area contributed by atoms with Crippen molar-refractivity contribution in [2.24, 2.45) is 0 Å². The predicted molar refractivity (Wildman–Crippen MR) is 166 cm³/mol. The van der Waals surface area contributed by atoms with Gasteiger partial charge in [-0.3, -0.25) is 0 Å². The van der Waals surface area contributed by atoms with Gasteiger partial charge in [0, 0.05) is 19.5 Å². The molecule has 4 nitrogen and oxygen atoms in total. The van der Waals surface area contributed by atoms with Crippen molar-refractivity contribution in [2.45, 2.75) is 94.9 Å². The number of ether oxygens (including phenoxy) is 2. The zero-order chi connectivity index (χ0) is 29.5. The van der Waals surface area contributed by atoms with E-state index in [-0.39, 0.29) is 11.5 Å². The highest BCUT2D eigenvalue weighted by molar-refractivity contribution is 7.17. The third-order valence-electron chi connectivity index (χ3n) is 8.86. The summed E-state index contributed by atoms with van der Waals surface area (Å²) < 4.78 is 11.7. The molecule has 2 aliphatic rings. The predicted octanol–water partition coefficient (Wildman–Crippen LogP) is 9.43. The average molecular weight is 575 g/mol. The number of hydrogen-bond acceptors (Lipinski definition) is 6. The van der Waals surface area contributed by atoms with Crippen LogP contribution in [-0.2, 0) is 19.1 Å². The van der Waals surface area contributed by atoms with Crippen molar-refractivity contribution in [2.75, 3.05) is 0 Å². The smallest absolute Gasteiger partial charge is 0.349 e. The van der Waals surface area contributed by atoms with Gasteiger partial charge in [-0.25, -0.2) is 9.59 Å². The van der Waals surface area contributed by atoms with E-state index in [1.165, 1.54) is 43.8 Å². The van der Waals surface area contributed by atoms with Gasteiger partial charge in [0.05, 0.1) is 0 Å². The topological polar surface area (TPSA) is 52.6 Å². The van der Waals surface area contributed by atoms with Crippen LogP contribution in [0.4, 0.5) is 0 Å². The normalized spacial score (nSPS) is 15.2. The number of thiophene rings is 2. The lowest BCUT2D eigenvalue weighted by Gasteiger charge is -2.22. The molecule has 0 saturated heterocycles. The summed E-state index contributed by atoms with van der Waals surface area (Å²) in [7, 11) is 0. The van der Waals surface area contributed by atoms with Crippen LogP contribution in [0.15, 0.2) is 11.5 Å². The number of rotatable bonds is 5. The molecule has 5 rings (SSSR count). The Hall–Kier alpha value is -2.96. The van der Waals surface area contributed by atoms with Crippen LogP contribution in [-0.4, -0.2) is 11.9 Å². The molecule has 0 saturated carbocycles. The number of fused-ring (bicyclic) bond motifs is 1. The number of hydrogen-bond donors (Lipinski definition) is 0. The SMILES string of the molecule is Cc1c(C2=C3OC(=O)C(c4sc(C(C)C)c(C)c4C)=C3OC2=O)sc(-c2c(C)c(C)c(C(C)C)c(C)c2C)c1C. The van der Waals surface area contributed by atoms with Crippen LogP contribution in [0.3, 0.4) is 0 Å².